The van der Waals surface area contributed by atoms with Crippen molar-refractivity contribution in [1.82, 2.24) is 4.31 Å². The Morgan fingerprint density at radius 1 is 1.27 bits per heavy atom. The normalized spacial score (nSPS) is 34.5. The van der Waals surface area contributed by atoms with E-state index in [-0.39, 0.29) is 0 Å². The van der Waals surface area contributed by atoms with Gasteiger partial charge in [0.25, 0.3) is 7.19 Å². The molecule has 1 heterocycles. The van der Waals surface area contributed by atoms with Crippen LogP contribution in [0.2, 0.25) is 0 Å². The molecule has 11 heavy (non-hydrogen) atoms. The Kier molecular flexibility index (Phi) is 2.81. The highest BCUT2D eigenvalue weighted by Gasteiger charge is 2.32. The van der Waals surface area contributed by atoms with Gasteiger partial charge in [0, 0.05) is 13.1 Å². The zero-order valence-electron chi connectivity index (χ0n) is 6.62. The SMILES string of the molecule is CC1CN(S(=O)(=O)I)CC1C. The van der Waals surface area contributed by atoms with Crippen molar-refractivity contribution in [3.05, 3.63) is 0 Å². The first-order chi connectivity index (χ1) is 4.91. The molecule has 0 bridgehead atoms. The number of nitrogens with zero attached hydrogens (tertiary/aromatic N) is 1. The summed E-state index contributed by atoms with van der Waals surface area (Å²) in [6.07, 6.45) is 0. The Morgan fingerprint density at radius 2 is 1.64 bits per heavy atom. The number of rotatable bonds is 1. The lowest BCUT2D eigenvalue weighted by atomic mass is 10.0. The van der Waals surface area contributed by atoms with E-state index < -0.39 is 7.19 Å². The molecule has 0 aromatic heterocycles. The summed E-state index contributed by atoms with van der Waals surface area (Å²) < 4.78 is 23.6. The van der Waals surface area contributed by atoms with E-state index in [2.05, 4.69) is 13.8 Å². The first-order valence-corrected chi connectivity index (χ1v) is 7.59. The monoisotopic (exact) mass is 289 g/mol. The molecule has 2 atom stereocenters. The van der Waals surface area contributed by atoms with Crippen molar-refractivity contribution in [3.8, 4) is 0 Å². The fraction of sp³-hybridized carbons (Fsp3) is 1.00. The molecule has 1 aliphatic heterocycles. The highest BCUT2D eigenvalue weighted by atomic mass is 127. The molecule has 0 amide bonds. The highest BCUT2D eigenvalue weighted by Crippen LogP contribution is 2.26. The van der Waals surface area contributed by atoms with E-state index in [9.17, 15) is 8.42 Å². The minimum Gasteiger partial charge on any atom is -0.201 e. The number of hydrogen-bond acceptors (Lipinski definition) is 2. The third-order valence-corrected chi connectivity index (χ3v) is 4.85. The van der Waals surface area contributed by atoms with E-state index in [4.69, 9.17) is 0 Å². The molecule has 0 aliphatic carbocycles. The Hall–Kier alpha value is 0.640. The molecule has 2 unspecified atom stereocenters. The van der Waals surface area contributed by atoms with Gasteiger partial charge in [-0.25, -0.2) is 8.42 Å². The maximum Gasteiger partial charge on any atom is 0.267 e. The second-order valence-corrected chi connectivity index (χ2v) is 7.89. The van der Waals surface area contributed by atoms with Crippen LogP contribution in [0.4, 0.5) is 0 Å². The molecule has 66 valence electrons. The molecular weight excluding hydrogens is 277 g/mol. The van der Waals surface area contributed by atoms with Crippen LogP contribution >= 0.6 is 21.2 Å². The van der Waals surface area contributed by atoms with E-state index in [0.717, 1.165) is 0 Å². The van der Waals surface area contributed by atoms with E-state index in [1.165, 1.54) is 21.2 Å². The van der Waals surface area contributed by atoms with Crippen LogP contribution in [0.25, 0.3) is 0 Å². The molecule has 0 spiro atoms. The fourth-order valence-corrected chi connectivity index (χ4v) is 3.05. The first-order valence-electron chi connectivity index (χ1n) is 3.61. The molecular formula is C6H12INO2S. The van der Waals surface area contributed by atoms with Crippen LogP contribution in [-0.2, 0) is 7.19 Å². The zero-order valence-corrected chi connectivity index (χ0v) is 9.59. The van der Waals surface area contributed by atoms with E-state index in [1.807, 2.05) is 0 Å². The van der Waals surface area contributed by atoms with E-state index in [0.29, 0.717) is 24.9 Å². The second-order valence-electron chi connectivity index (χ2n) is 3.21. The molecule has 0 aromatic carbocycles. The summed E-state index contributed by atoms with van der Waals surface area (Å²) in [5.74, 6) is 0.999. The summed E-state index contributed by atoms with van der Waals surface area (Å²) in [5.41, 5.74) is 0. The summed E-state index contributed by atoms with van der Waals surface area (Å²) in [4.78, 5) is 0. The van der Waals surface area contributed by atoms with Crippen LogP contribution in [0.15, 0.2) is 0 Å². The van der Waals surface area contributed by atoms with Crippen LogP contribution in [-0.4, -0.2) is 25.8 Å². The van der Waals surface area contributed by atoms with Crippen LogP contribution in [0, 0.1) is 11.8 Å². The van der Waals surface area contributed by atoms with Crippen molar-refractivity contribution in [1.29, 1.82) is 0 Å². The Bertz CT molecular complexity index is 229. The summed E-state index contributed by atoms with van der Waals surface area (Å²) in [7, 11) is -2.97. The Labute approximate surface area is 79.8 Å². The molecule has 1 rings (SSSR count). The molecule has 0 N–H and O–H groups in total. The fourth-order valence-electron chi connectivity index (χ4n) is 1.25. The Balaban J connectivity index is 2.69. The van der Waals surface area contributed by atoms with Crippen molar-refractivity contribution in [2.24, 2.45) is 11.8 Å². The van der Waals surface area contributed by atoms with Crippen LogP contribution in [0.1, 0.15) is 13.8 Å². The third-order valence-electron chi connectivity index (χ3n) is 2.26. The molecule has 0 radical (unpaired) electrons. The van der Waals surface area contributed by atoms with Gasteiger partial charge in [-0.15, -0.1) is 0 Å². The Morgan fingerprint density at radius 3 is 1.82 bits per heavy atom. The highest BCUT2D eigenvalue weighted by molar-refractivity contribution is 14.2. The number of hydrogen-bond donors (Lipinski definition) is 0. The average molecular weight is 289 g/mol. The molecule has 1 saturated heterocycles. The van der Waals surface area contributed by atoms with Gasteiger partial charge < -0.3 is 0 Å². The average Bonchev–Trinajstić information content (AvgIpc) is 2.11. The van der Waals surface area contributed by atoms with Gasteiger partial charge in [-0.05, 0) is 11.8 Å². The molecule has 3 nitrogen and oxygen atoms in total. The topological polar surface area (TPSA) is 37.4 Å². The van der Waals surface area contributed by atoms with Gasteiger partial charge in [-0.3, -0.25) is 0 Å². The van der Waals surface area contributed by atoms with E-state index >= 15 is 0 Å². The minimum atomic E-state index is -2.97. The third kappa shape index (κ3) is 2.29. The van der Waals surface area contributed by atoms with Gasteiger partial charge in [0.1, 0.15) is 0 Å². The predicted molar refractivity (Wildman–Crippen MR) is 52.8 cm³/mol. The van der Waals surface area contributed by atoms with Crippen molar-refractivity contribution >= 4 is 28.4 Å². The van der Waals surface area contributed by atoms with E-state index in [1.54, 1.807) is 4.31 Å². The van der Waals surface area contributed by atoms with Crippen LogP contribution in [0.5, 0.6) is 0 Å². The molecule has 5 heteroatoms. The maximum atomic E-state index is 11.0. The predicted octanol–water partition coefficient (Wildman–Crippen LogP) is 1.25. The summed E-state index contributed by atoms with van der Waals surface area (Å²) in [5, 5.41) is 0. The van der Waals surface area contributed by atoms with Crippen molar-refractivity contribution in [2.75, 3.05) is 13.1 Å². The maximum absolute atomic E-state index is 11.0. The van der Waals surface area contributed by atoms with Gasteiger partial charge in [0.15, 0.2) is 0 Å². The largest absolute Gasteiger partial charge is 0.267 e. The summed E-state index contributed by atoms with van der Waals surface area (Å²) >= 11 is 1.50. The molecule has 1 aliphatic rings. The minimum absolute atomic E-state index is 0.500. The van der Waals surface area contributed by atoms with Crippen LogP contribution < -0.4 is 0 Å². The first kappa shape index (κ1) is 9.73. The lowest BCUT2D eigenvalue weighted by molar-refractivity contribution is 0.480. The van der Waals surface area contributed by atoms with Gasteiger partial charge in [-0.2, -0.15) is 4.31 Å². The molecule has 0 saturated carbocycles. The van der Waals surface area contributed by atoms with Gasteiger partial charge in [-0.1, -0.05) is 13.8 Å². The smallest absolute Gasteiger partial charge is 0.201 e. The lowest BCUT2D eigenvalue weighted by Crippen LogP contribution is -2.23. The zero-order chi connectivity index (χ0) is 8.65. The van der Waals surface area contributed by atoms with Gasteiger partial charge in [0.2, 0.25) is 0 Å². The van der Waals surface area contributed by atoms with Gasteiger partial charge >= 0.3 is 0 Å². The molecule has 0 aromatic rings. The van der Waals surface area contributed by atoms with Gasteiger partial charge in [0.05, 0.1) is 21.2 Å². The van der Waals surface area contributed by atoms with Crippen molar-refractivity contribution < 1.29 is 8.42 Å². The van der Waals surface area contributed by atoms with Crippen molar-refractivity contribution in [3.63, 3.8) is 0 Å². The van der Waals surface area contributed by atoms with Crippen LogP contribution in [0.3, 0.4) is 0 Å². The van der Waals surface area contributed by atoms with Crippen molar-refractivity contribution in [2.45, 2.75) is 13.8 Å². The quantitative estimate of drug-likeness (QED) is 0.538. The summed E-state index contributed by atoms with van der Waals surface area (Å²) in [6.45, 7) is 5.55. The lowest BCUT2D eigenvalue weighted by Gasteiger charge is -2.09. The molecule has 1 fully saturated rings. The standard InChI is InChI=1S/C6H12INO2S/c1-5-3-8(4-6(5)2)11(7,9)10/h5-6H,3-4H2,1-2H3. The second kappa shape index (κ2) is 3.18. The summed E-state index contributed by atoms with van der Waals surface area (Å²) in [6, 6.07) is 0. The number of halogens is 1.